The summed E-state index contributed by atoms with van der Waals surface area (Å²) >= 11 is 0. The molecule has 0 atom stereocenters. The van der Waals surface area contributed by atoms with E-state index in [1.54, 1.807) is 7.11 Å². The molecule has 0 N–H and O–H groups in total. The minimum Gasteiger partial charge on any atom is -0.385 e. The van der Waals surface area contributed by atoms with Crippen molar-refractivity contribution < 1.29 is 14.2 Å². The summed E-state index contributed by atoms with van der Waals surface area (Å²) in [7, 11) is 1.73. The topological polar surface area (TPSA) is 27.7 Å². The van der Waals surface area contributed by atoms with Gasteiger partial charge in [-0.3, -0.25) is 0 Å². The lowest BCUT2D eigenvalue weighted by molar-refractivity contribution is 0.0785. The Labute approximate surface area is 147 Å². The molecule has 0 aliphatic carbocycles. The number of unbranched alkanes of at least 4 members (excludes halogenated alkanes) is 1. The predicted octanol–water partition coefficient (Wildman–Crippen LogP) is 7.34. The van der Waals surface area contributed by atoms with E-state index in [2.05, 4.69) is 6.92 Å². The van der Waals surface area contributed by atoms with Gasteiger partial charge in [-0.2, -0.15) is 0 Å². The summed E-state index contributed by atoms with van der Waals surface area (Å²) in [6, 6.07) is 0. The Hall–Kier alpha value is -0.120. The third kappa shape index (κ3) is 59.9. The van der Waals surface area contributed by atoms with Crippen molar-refractivity contribution in [2.75, 3.05) is 40.1 Å². The minimum absolute atomic E-state index is 0. The summed E-state index contributed by atoms with van der Waals surface area (Å²) in [5.41, 5.74) is 0. The molecule has 0 aliphatic rings. The molecule has 0 radical (unpaired) electrons. The van der Waals surface area contributed by atoms with E-state index in [1.807, 2.05) is 0 Å². The SMILES string of the molecule is C.C.C.C.C.C.C.C.CCCOCCCOCCCCOC. The van der Waals surface area contributed by atoms with Crippen LogP contribution in [-0.2, 0) is 14.2 Å². The van der Waals surface area contributed by atoms with Crippen LogP contribution in [0.25, 0.3) is 0 Å². The molecule has 0 bridgehead atoms. The molecule has 0 aliphatic heterocycles. The molecule has 0 saturated heterocycles. The summed E-state index contributed by atoms with van der Waals surface area (Å²) in [6.45, 7) is 6.31. The third-order valence-corrected chi connectivity index (χ3v) is 1.81. The fourth-order valence-electron chi connectivity index (χ4n) is 1.06. The Kier molecular flexibility index (Phi) is 153. The molecule has 3 heteroatoms. The Morgan fingerprint density at radius 1 is 0.500 bits per heavy atom. The van der Waals surface area contributed by atoms with Gasteiger partial charge >= 0.3 is 0 Å². The van der Waals surface area contributed by atoms with Crippen LogP contribution in [-0.4, -0.2) is 40.1 Å². The van der Waals surface area contributed by atoms with Gasteiger partial charge in [0.25, 0.3) is 0 Å². The summed E-state index contributed by atoms with van der Waals surface area (Å²) < 4.78 is 15.7. The maximum absolute atomic E-state index is 5.42. The van der Waals surface area contributed by atoms with E-state index < -0.39 is 0 Å². The molecule has 0 spiro atoms. The lowest BCUT2D eigenvalue weighted by Gasteiger charge is -2.04. The van der Waals surface area contributed by atoms with Crippen molar-refractivity contribution in [2.24, 2.45) is 0 Å². The van der Waals surface area contributed by atoms with Crippen LogP contribution in [0.15, 0.2) is 0 Å². The maximum Gasteiger partial charge on any atom is 0.0487 e. The highest BCUT2D eigenvalue weighted by molar-refractivity contribution is 4.39. The number of hydrogen-bond donors (Lipinski definition) is 0. The van der Waals surface area contributed by atoms with E-state index in [1.165, 1.54) is 0 Å². The van der Waals surface area contributed by atoms with Crippen LogP contribution in [0.5, 0.6) is 0 Å². The number of hydrogen-bond acceptors (Lipinski definition) is 3. The molecule has 0 aromatic rings. The lowest BCUT2D eigenvalue weighted by atomic mass is 10.3. The van der Waals surface area contributed by atoms with Crippen LogP contribution in [0.1, 0.15) is 92.0 Å². The van der Waals surface area contributed by atoms with E-state index in [4.69, 9.17) is 14.2 Å². The molecule has 150 valence electrons. The van der Waals surface area contributed by atoms with Crippen LogP contribution < -0.4 is 0 Å². The van der Waals surface area contributed by atoms with Crippen molar-refractivity contribution in [1.82, 2.24) is 0 Å². The second kappa shape index (κ2) is 58.5. The van der Waals surface area contributed by atoms with Gasteiger partial charge in [-0.15, -0.1) is 0 Å². The molecule has 0 heterocycles. The van der Waals surface area contributed by atoms with Gasteiger partial charge in [0.1, 0.15) is 0 Å². The van der Waals surface area contributed by atoms with Gasteiger partial charge in [-0.25, -0.2) is 0 Å². The quantitative estimate of drug-likeness (QED) is 0.370. The molecule has 0 fully saturated rings. The normalized spacial score (nSPS) is 6.82. The van der Waals surface area contributed by atoms with E-state index in [0.29, 0.717) is 0 Å². The summed E-state index contributed by atoms with van der Waals surface area (Å²) in [5.74, 6) is 0. The smallest absolute Gasteiger partial charge is 0.0487 e. The average molecular weight is 333 g/mol. The zero-order chi connectivity index (χ0) is 10.5. The highest BCUT2D eigenvalue weighted by atomic mass is 16.5. The predicted molar refractivity (Wildman–Crippen MR) is 112 cm³/mol. The fourth-order valence-corrected chi connectivity index (χ4v) is 1.06. The summed E-state index contributed by atoms with van der Waals surface area (Å²) in [4.78, 5) is 0. The monoisotopic (exact) mass is 332 g/mol. The second-order valence-corrected chi connectivity index (χ2v) is 3.28. The first-order valence-corrected chi connectivity index (χ1v) is 5.56. The number of ether oxygens (including phenoxy) is 3. The van der Waals surface area contributed by atoms with Crippen molar-refractivity contribution in [3.8, 4) is 0 Å². The van der Waals surface area contributed by atoms with Gasteiger partial charge in [0.05, 0.1) is 0 Å². The van der Waals surface area contributed by atoms with Gasteiger partial charge in [-0.05, 0) is 25.7 Å². The highest BCUT2D eigenvalue weighted by Gasteiger charge is 1.90. The van der Waals surface area contributed by atoms with Crippen molar-refractivity contribution >= 4 is 0 Å². The highest BCUT2D eigenvalue weighted by Crippen LogP contribution is 1.92. The molecular weight excluding hydrogens is 276 g/mol. The zero-order valence-electron chi connectivity index (χ0n) is 9.59. The second-order valence-electron chi connectivity index (χ2n) is 3.28. The Balaban J connectivity index is -0.0000000302. The molecule has 0 saturated carbocycles. The van der Waals surface area contributed by atoms with Gasteiger partial charge < -0.3 is 14.2 Å². The van der Waals surface area contributed by atoms with Crippen LogP contribution >= 0.6 is 0 Å². The van der Waals surface area contributed by atoms with Crippen molar-refractivity contribution in [3.63, 3.8) is 0 Å². The molecule has 0 aromatic heterocycles. The third-order valence-electron chi connectivity index (χ3n) is 1.81. The first-order valence-electron chi connectivity index (χ1n) is 5.56. The van der Waals surface area contributed by atoms with Crippen molar-refractivity contribution in [1.29, 1.82) is 0 Å². The zero-order valence-corrected chi connectivity index (χ0v) is 9.59. The van der Waals surface area contributed by atoms with E-state index in [0.717, 1.165) is 58.7 Å². The Morgan fingerprint density at radius 2 is 0.864 bits per heavy atom. The molecule has 0 aromatic carbocycles. The van der Waals surface area contributed by atoms with E-state index in [9.17, 15) is 0 Å². The summed E-state index contributed by atoms with van der Waals surface area (Å²) in [5, 5.41) is 0. The van der Waals surface area contributed by atoms with Crippen molar-refractivity contribution in [2.45, 2.75) is 92.0 Å². The first-order chi connectivity index (χ1) is 6.91. The van der Waals surface area contributed by atoms with Crippen molar-refractivity contribution in [3.05, 3.63) is 0 Å². The molecule has 0 unspecified atom stereocenters. The van der Waals surface area contributed by atoms with Gasteiger partial charge in [0.2, 0.25) is 0 Å². The Bertz CT molecular complexity index is 86.7. The van der Waals surface area contributed by atoms with Gasteiger partial charge in [-0.1, -0.05) is 66.3 Å². The fraction of sp³-hybridized carbons (Fsp3) is 1.00. The van der Waals surface area contributed by atoms with Gasteiger partial charge in [0.15, 0.2) is 0 Å². The largest absolute Gasteiger partial charge is 0.385 e. The molecule has 22 heavy (non-hydrogen) atoms. The van der Waals surface area contributed by atoms with Gasteiger partial charge in [0, 0.05) is 40.1 Å². The maximum atomic E-state index is 5.42. The number of methoxy groups -OCH3 is 1. The average Bonchev–Trinajstić information content (AvgIpc) is 2.21. The molecule has 0 amide bonds. The lowest BCUT2D eigenvalue weighted by Crippen LogP contribution is -2.03. The molecule has 3 nitrogen and oxygen atoms in total. The number of rotatable bonds is 11. The summed E-state index contributed by atoms with van der Waals surface area (Å²) in [6.07, 6.45) is 4.27. The molecule has 0 rings (SSSR count). The first kappa shape index (κ1) is 57.5. The van der Waals surface area contributed by atoms with E-state index in [-0.39, 0.29) is 59.4 Å². The minimum atomic E-state index is 0. The van der Waals surface area contributed by atoms with Crippen LogP contribution in [0.2, 0.25) is 0 Å². The van der Waals surface area contributed by atoms with Crippen LogP contribution in [0.4, 0.5) is 0 Å². The standard InChI is InChI=1S/C11H24O3.8CH4/c1-3-7-13-10-6-11-14-9-5-4-8-12-2;;;;;;;;/h3-11H2,1-2H3;8*1H4. The van der Waals surface area contributed by atoms with Crippen LogP contribution in [0, 0.1) is 0 Å². The van der Waals surface area contributed by atoms with E-state index >= 15 is 0 Å². The van der Waals surface area contributed by atoms with Crippen LogP contribution in [0.3, 0.4) is 0 Å². The molecular formula is C19H56O3. The Morgan fingerprint density at radius 3 is 1.27 bits per heavy atom.